The number of amides is 2. The molecule has 2 amide bonds. The van der Waals surface area contributed by atoms with E-state index in [1.165, 1.54) is 11.0 Å². The van der Waals surface area contributed by atoms with Crippen molar-refractivity contribution in [1.29, 1.82) is 0 Å². The third-order valence-corrected chi connectivity index (χ3v) is 4.16. The summed E-state index contributed by atoms with van der Waals surface area (Å²) in [5.41, 5.74) is 1.19. The number of nitrogens with one attached hydrogen (secondary N) is 1. The molecule has 0 aliphatic carbocycles. The molecule has 0 aromatic heterocycles. The van der Waals surface area contributed by atoms with Gasteiger partial charge in [0, 0.05) is 10.0 Å². The molecule has 0 spiro atoms. The summed E-state index contributed by atoms with van der Waals surface area (Å²) in [6.45, 7) is 0. The first-order chi connectivity index (χ1) is 11.5. The zero-order valence-corrected chi connectivity index (χ0v) is 14.5. The molecule has 2 aromatic rings. The van der Waals surface area contributed by atoms with E-state index in [0.717, 1.165) is 0 Å². The number of halogens is 2. The summed E-state index contributed by atoms with van der Waals surface area (Å²) in [5, 5.41) is 3.66. The minimum Gasteiger partial charge on any atom is -0.298 e. The summed E-state index contributed by atoms with van der Waals surface area (Å²) in [7, 11) is 0. The number of nitrogens with zero attached hydrogens (tertiary/aromatic N) is 1. The third-order valence-electron chi connectivity index (χ3n) is 3.37. The molecule has 1 N–H and O–H groups in total. The minimum absolute atomic E-state index is 0.0131. The van der Waals surface area contributed by atoms with Gasteiger partial charge in [0.15, 0.2) is 5.11 Å². The molecule has 2 aromatic carbocycles. The fourth-order valence-corrected chi connectivity index (χ4v) is 2.74. The Morgan fingerprint density at radius 3 is 2.04 bits per heavy atom. The Morgan fingerprint density at radius 1 is 0.917 bits per heavy atom. The topological polar surface area (TPSA) is 49.4 Å². The molecule has 0 bridgehead atoms. The Morgan fingerprint density at radius 2 is 1.46 bits per heavy atom. The molecule has 1 heterocycles. The monoisotopic (exact) mass is 376 g/mol. The molecule has 0 radical (unpaired) electrons. The van der Waals surface area contributed by atoms with Gasteiger partial charge in [-0.05, 0) is 60.3 Å². The zero-order valence-electron chi connectivity index (χ0n) is 12.1. The molecule has 1 aliphatic rings. The molecular formula is C17H10Cl2N2O2S. The first-order valence-electron chi connectivity index (χ1n) is 6.88. The average Bonchev–Trinajstić information content (AvgIpc) is 2.55. The predicted octanol–water partition coefficient (Wildman–Crippen LogP) is 3.82. The number of carbonyl (C=O) groups excluding carboxylic acids is 2. The van der Waals surface area contributed by atoms with Crippen LogP contribution in [-0.2, 0) is 9.59 Å². The fourth-order valence-electron chi connectivity index (χ4n) is 2.21. The van der Waals surface area contributed by atoms with Crippen molar-refractivity contribution in [2.24, 2.45) is 0 Å². The Balaban J connectivity index is 1.99. The van der Waals surface area contributed by atoms with Crippen LogP contribution < -0.4 is 10.2 Å². The number of benzene rings is 2. The minimum atomic E-state index is -0.537. The Hall–Kier alpha value is -2.21. The molecular weight excluding hydrogens is 367 g/mol. The molecule has 0 saturated carbocycles. The first kappa shape index (κ1) is 16.6. The number of anilines is 1. The van der Waals surface area contributed by atoms with Gasteiger partial charge in [0.25, 0.3) is 11.8 Å². The molecule has 1 aliphatic heterocycles. The van der Waals surface area contributed by atoms with Crippen molar-refractivity contribution in [2.45, 2.75) is 0 Å². The molecule has 0 unspecified atom stereocenters. The molecule has 1 saturated heterocycles. The lowest BCUT2D eigenvalue weighted by atomic mass is 10.1. The van der Waals surface area contributed by atoms with Gasteiger partial charge in [-0.25, -0.2) is 0 Å². The van der Waals surface area contributed by atoms with Crippen LogP contribution in [0.4, 0.5) is 5.69 Å². The van der Waals surface area contributed by atoms with Gasteiger partial charge < -0.3 is 0 Å². The summed E-state index contributed by atoms with van der Waals surface area (Å²) >= 11 is 16.8. The number of carbonyl (C=O) groups is 2. The highest BCUT2D eigenvalue weighted by Crippen LogP contribution is 2.24. The van der Waals surface area contributed by atoms with Crippen LogP contribution >= 0.6 is 35.4 Å². The standard InChI is InChI=1S/C17H10Cl2N2O2S/c18-11-3-1-10(2-4-11)9-14-15(22)20-17(24)21(16(14)23)13-7-5-12(19)6-8-13/h1-9H,(H,20,22,24)/b14-9-. The van der Waals surface area contributed by atoms with Crippen molar-refractivity contribution in [3.8, 4) is 0 Å². The van der Waals surface area contributed by atoms with E-state index >= 15 is 0 Å². The van der Waals surface area contributed by atoms with Crippen molar-refractivity contribution >= 4 is 64.1 Å². The van der Waals surface area contributed by atoms with Gasteiger partial charge in [0.2, 0.25) is 0 Å². The lowest BCUT2D eigenvalue weighted by molar-refractivity contribution is -0.122. The van der Waals surface area contributed by atoms with Gasteiger partial charge in [-0.1, -0.05) is 35.3 Å². The predicted molar refractivity (Wildman–Crippen MR) is 99.1 cm³/mol. The van der Waals surface area contributed by atoms with E-state index in [9.17, 15) is 9.59 Å². The van der Waals surface area contributed by atoms with Gasteiger partial charge in [0.05, 0.1) is 5.69 Å². The number of thiocarbonyl (C=S) groups is 1. The molecule has 3 rings (SSSR count). The lowest BCUT2D eigenvalue weighted by Gasteiger charge is -2.28. The van der Waals surface area contributed by atoms with Crippen molar-refractivity contribution in [3.63, 3.8) is 0 Å². The summed E-state index contributed by atoms with van der Waals surface area (Å²) in [4.78, 5) is 26.2. The third kappa shape index (κ3) is 3.33. The summed E-state index contributed by atoms with van der Waals surface area (Å²) in [5.74, 6) is -1.04. The molecule has 0 atom stereocenters. The first-order valence-corrected chi connectivity index (χ1v) is 8.05. The average molecular weight is 377 g/mol. The van der Waals surface area contributed by atoms with Crippen molar-refractivity contribution < 1.29 is 9.59 Å². The highest BCUT2D eigenvalue weighted by Gasteiger charge is 2.34. The summed E-state index contributed by atoms with van der Waals surface area (Å²) < 4.78 is 0. The lowest BCUT2D eigenvalue weighted by Crippen LogP contribution is -2.54. The van der Waals surface area contributed by atoms with Crippen molar-refractivity contribution in [1.82, 2.24) is 5.32 Å². The highest BCUT2D eigenvalue weighted by atomic mass is 35.5. The maximum Gasteiger partial charge on any atom is 0.270 e. The van der Waals surface area contributed by atoms with Crippen LogP contribution in [0.5, 0.6) is 0 Å². The Kier molecular flexibility index (Phi) is 4.66. The maximum atomic E-state index is 12.8. The van der Waals surface area contributed by atoms with E-state index in [2.05, 4.69) is 5.32 Å². The van der Waals surface area contributed by atoms with Crippen LogP contribution in [0.2, 0.25) is 10.0 Å². The van der Waals surface area contributed by atoms with E-state index in [1.807, 2.05) is 0 Å². The van der Waals surface area contributed by atoms with E-state index < -0.39 is 11.8 Å². The van der Waals surface area contributed by atoms with Crippen LogP contribution in [0.15, 0.2) is 54.1 Å². The second kappa shape index (κ2) is 6.73. The van der Waals surface area contributed by atoms with Gasteiger partial charge >= 0.3 is 0 Å². The van der Waals surface area contributed by atoms with Gasteiger partial charge in [-0.15, -0.1) is 0 Å². The maximum absolute atomic E-state index is 12.8. The van der Waals surface area contributed by atoms with E-state index in [4.69, 9.17) is 35.4 Å². The van der Waals surface area contributed by atoms with Crippen LogP contribution in [-0.4, -0.2) is 16.9 Å². The highest BCUT2D eigenvalue weighted by molar-refractivity contribution is 7.80. The number of rotatable bonds is 2. The Labute approximate surface area is 153 Å². The summed E-state index contributed by atoms with van der Waals surface area (Å²) in [6.07, 6.45) is 1.50. The Bertz CT molecular complexity index is 861. The van der Waals surface area contributed by atoms with Crippen molar-refractivity contribution in [3.05, 3.63) is 69.7 Å². The second-order valence-electron chi connectivity index (χ2n) is 4.99. The molecule has 24 heavy (non-hydrogen) atoms. The quantitative estimate of drug-likeness (QED) is 0.492. The van der Waals surface area contributed by atoms with Crippen LogP contribution in [0.1, 0.15) is 5.56 Å². The van der Waals surface area contributed by atoms with Gasteiger partial charge in [-0.2, -0.15) is 0 Å². The van der Waals surface area contributed by atoms with Crippen molar-refractivity contribution in [2.75, 3.05) is 4.90 Å². The molecule has 120 valence electrons. The second-order valence-corrected chi connectivity index (χ2v) is 6.25. The molecule has 7 heteroatoms. The van der Waals surface area contributed by atoms with Crippen LogP contribution in [0.25, 0.3) is 6.08 Å². The molecule has 4 nitrogen and oxygen atoms in total. The number of hydrogen-bond donors (Lipinski definition) is 1. The van der Waals surface area contributed by atoms with Crippen LogP contribution in [0.3, 0.4) is 0 Å². The van der Waals surface area contributed by atoms with Crippen LogP contribution in [0, 0.1) is 0 Å². The van der Waals surface area contributed by atoms with E-state index in [1.54, 1.807) is 48.5 Å². The fraction of sp³-hybridized carbons (Fsp3) is 0. The zero-order chi connectivity index (χ0) is 17.3. The number of hydrogen-bond acceptors (Lipinski definition) is 3. The van der Waals surface area contributed by atoms with Gasteiger partial charge in [-0.3, -0.25) is 19.8 Å². The largest absolute Gasteiger partial charge is 0.298 e. The SMILES string of the molecule is O=C1NC(=S)N(c2ccc(Cl)cc2)C(=O)/C1=C\c1ccc(Cl)cc1. The summed E-state index contributed by atoms with van der Waals surface area (Å²) in [6, 6.07) is 13.4. The van der Waals surface area contributed by atoms with E-state index in [-0.39, 0.29) is 10.7 Å². The smallest absolute Gasteiger partial charge is 0.270 e. The molecule has 1 fully saturated rings. The normalized spacial score (nSPS) is 16.5. The van der Waals surface area contributed by atoms with E-state index in [0.29, 0.717) is 21.3 Å². The van der Waals surface area contributed by atoms with Gasteiger partial charge in [0.1, 0.15) is 5.57 Å².